The van der Waals surface area contributed by atoms with Crippen LogP contribution >= 0.6 is 0 Å². The molecule has 2 aromatic carbocycles. The number of aromatic nitrogens is 3. The lowest BCUT2D eigenvalue weighted by Gasteiger charge is -2.18. The maximum atomic E-state index is 12.6. The van der Waals surface area contributed by atoms with Crippen LogP contribution in [0.3, 0.4) is 0 Å². The third-order valence-corrected chi connectivity index (χ3v) is 5.53. The Morgan fingerprint density at radius 3 is 2.63 bits per heavy atom. The lowest BCUT2D eigenvalue weighted by Crippen LogP contribution is -2.22. The number of ether oxygens (including phenoxy) is 1. The number of pyridine rings is 1. The Kier molecular flexibility index (Phi) is 6.55. The quantitative estimate of drug-likeness (QED) is 0.336. The molecule has 1 N–H and O–H groups in total. The van der Waals surface area contributed by atoms with Crippen molar-refractivity contribution in [3.8, 4) is 11.5 Å². The molecule has 4 aromatic rings. The van der Waals surface area contributed by atoms with Crippen LogP contribution in [0, 0.1) is 6.92 Å². The van der Waals surface area contributed by atoms with Gasteiger partial charge in [-0.25, -0.2) is 0 Å². The Balaban J connectivity index is 1.49. The number of nitrogens with one attached hydrogen (secondary N) is 1. The maximum absolute atomic E-state index is 12.6. The summed E-state index contributed by atoms with van der Waals surface area (Å²) in [6.45, 7) is 8.07. The minimum Gasteiger partial charge on any atom is -0.859 e. The molecule has 0 fully saturated rings. The minimum atomic E-state index is -0.300. The van der Waals surface area contributed by atoms with E-state index in [4.69, 9.17) is 4.74 Å². The van der Waals surface area contributed by atoms with Gasteiger partial charge >= 0.3 is 0 Å². The number of aliphatic imine (C=N–C) groups is 1. The van der Waals surface area contributed by atoms with Gasteiger partial charge in [-0.15, -0.1) is 0 Å². The molecule has 180 valence electrons. The highest BCUT2D eigenvalue weighted by atomic mass is 16.5. The molecule has 0 aliphatic heterocycles. The summed E-state index contributed by atoms with van der Waals surface area (Å²) in [6, 6.07) is 12.6. The molecular weight excluding hydrogens is 442 g/mol. The van der Waals surface area contributed by atoms with E-state index in [0.717, 1.165) is 22.0 Å². The van der Waals surface area contributed by atoms with Crippen molar-refractivity contribution < 1.29 is 14.6 Å². The van der Waals surface area contributed by atoms with Crippen LogP contribution < -0.4 is 15.2 Å². The Bertz CT molecular complexity index is 1420. The van der Waals surface area contributed by atoms with Crippen LogP contribution in [0.5, 0.6) is 11.5 Å². The van der Waals surface area contributed by atoms with Crippen molar-refractivity contribution in [2.45, 2.75) is 39.7 Å². The molecule has 8 nitrogen and oxygen atoms in total. The highest BCUT2D eigenvalue weighted by Gasteiger charge is 2.15. The Morgan fingerprint density at radius 2 is 1.94 bits per heavy atom. The molecule has 8 heteroatoms. The summed E-state index contributed by atoms with van der Waals surface area (Å²) in [7, 11) is 1.47. The van der Waals surface area contributed by atoms with Gasteiger partial charge in [0.2, 0.25) is 5.91 Å². The molecule has 0 atom stereocenters. The second kappa shape index (κ2) is 9.58. The third kappa shape index (κ3) is 5.48. The number of amides is 1. The van der Waals surface area contributed by atoms with E-state index in [-0.39, 0.29) is 23.8 Å². The van der Waals surface area contributed by atoms with E-state index in [1.807, 2.05) is 56.8 Å². The molecule has 0 saturated carbocycles. The van der Waals surface area contributed by atoms with Gasteiger partial charge < -0.3 is 20.2 Å². The first-order chi connectivity index (χ1) is 16.6. The average molecular weight is 471 g/mol. The molecule has 0 radical (unpaired) electrons. The maximum Gasteiger partial charge on any atom is 0.228 e. The van der Waals surface area contributed by atoms with Gasteiger partial charge in [0, 0.05) is 24.8 Å². The molecule has 2 heterocycles. The van der Waals surface area contributed by atoms with Gasteiger partial charge in [-0.3, -0.25) is 14.5 Å². The largest absolute Gasteiger partial charge is 0.859 e. The zero-order valence-electron chi connectivity index (χ0n) is 20.5. The van der Waals surface area contributed by atoms with Crippen LogP contribution in [0.4, 0.5) is 5.69 Å². The summed E-state index contributed by atoms with van der Waals surface area (Å²) < 4.78 is 8.00. The van der Waals surface area contributed by atoms with Gasteiger partial charge in [0.25, 0.3) is 0 Å². The Morgan fingerprint density at radius 1 is 1.14 bits per heavy atom. The van der Waals surface area contributed by atoms with Crippen LogP contribution in [0.1, 0.15) is 37.5 Å². The third-order valence-electron chi connectivity index (χ3n) is 5.53. The second-order valence-electron chi connectivity index (χ2n) is 9.34. The van der Waals surface area contributed by atoms with E-state index in [1.165, 1.54) is 7.05 Å². The van der Waals surface area contributed by atoms with Crippen LogP contribution in [-0.4, -0.2) is 33.6 Å². The van der Waals surface area contributed by atoms with Crippen LogP contribution in [-0.2, 0) is 16.8 Å². The number of hydrogen-bond donors (Lipinski definition) is 1. The van der Waals surface area contributed by atoms with Crippen molar-refractivity contribution in [2.75, 3.05) is 12.4 Å². The zero-order chi connectivity index (χ0) is 25.2. The standard InChI is InChI=1S/C27H29N5O3/c1-17-12-18(13-25(33)31-20-15-30-32(16-20)27(2,3)4)6-9-23(17)35-24-10-11-29-22-8-7-19(14-21(22)24)26(34)28-5/h6-12,14-16H,13H2,1-5H3,(H,28,34)(H,31,33)/p-1. The first kappa shape index (κ1) is 23.9. The first-order valence-corrected chi connectivity index (χ1v) is 11.3. The predicted octanol–water partition coefficient (Wildman–Crippen LogP) is 4.20. The van der Waals surface area contributed by atoms with Crippen LogP contribution in [0.25, 0.3) is 10.9 Å². The summed E-state index contributed by atoms with van der Waals surface area (Å²) in [6.07, 6.45) is 5.37. The number of anilines is 1. The van der Waals surface area contributed by atoms with E-state index in [0.29, 0.717) is 22.7 Å². The number of carbonyl (C=O) groups excluding carboxylic acids is 1. The van der Waals surface area contributed by atoms with Gasteiger partial charge in [-0.2, -0.15) is 5.10 Å². The molecule has 4 rings (SSSR count). The van der Waals surface area contributed by atoms with Crippen molar-refractivity contribution in [1.82, 2.24) is 14.8 Å². The molecule has 35 heavy (non-hydrogen) atoms. The van der Waals surface area contributed by atoms with Crippen molar-refractivity contribution >= 4 is 28.4 Å². The molecule has 1 amide bonds. The van der Waals surface area contributed by atoms with Crippen molar-refractivity contribution in [3.63, 3.8) is 0 Å². The highest BCUT2D eigenvalue weighted by Crippen LogP contribution is 2.31. The number of fused-ring (bicyclic) bond motifs is 1. The van der Waals surface area contributed by atoms with Crippen molar-refractivity contribution in [3.05, 3.63) is 77.7 Å². The first-order valence-electron chi connectivity index (χ1n) is 11.3. The fourth-order valence-electron chi connectivity index (χ4n) is 3.67. The predicted molar refractivity (Wildman–Crippen MR) is 135 cm³/mol. The monoisotopic (exact) mass is 470 g/mol. The van der Waals surface area contributed by atoms with Gasteiger partial charge in [-0.1, -0.05) is 18.2 Å². The van der Waals surface area contributed by atoms with Crippen LogP contribution in [0.2, 0.25) is 0 Å². The topological polar surface area (TPSA) is 104 Å². The van der Waals surface area contributed by atoms with E-state index < -0.39 is 0 Å². The Hall–Kier alpha value is -4.20. The number of benzene rings is 2. The normalized spacial score (nSPS) is 12.1. The summed E-state index contributed by atoms with van der Waals surface area (Å²) in [5.74, 6) is 0.826. The summed E-state index contributed by atoms with van der Waals surface area (Å²) in [5, 5.41) is 19.9. The molecular formula is C27H28N5O3-. The zero-order valence-corrected chi connectivity index (χ0v) is 20.5. The number of rotatable bonds is 6. The van der Waals surface area contributed by atoms with E-state index in [2.05, 4.69) is 20.4 Å². The number of nitrogens with zero attached hydrogens (tertiary/aromatic N) is 4. The number of hydrogen-bond acceptors (Lipinski definition) is 6. The summed E-state index contributed by atoms with van der Waals surface area (Å²) >= 11 is 0. The van der Waals surface area contributed by atoms with Gasteiger partial charge in [-0.05, 0) is 74.5 Å². The average Bonchev–Trinajstić information content (AvgIpc) is 3.29. The number of aryl methyl sites for hydroxylation is 1. The molecule has 0 aliphatic rings. The fraction of sp³-hybridized carbons (Fsp3) is 0.259. The lowest BCUT2D eigenvalue weighted by molar-refractivity contribution is -0.213. The molecule has 0 unspecified atom stereocenters. The smallest absolute Gasteiger partial charge is 0.228 e. The van der Waals surface area contributed by atoms with E-state index in [1.54, 1.807) is 36.7 Å². The molecule has 2 aromatic heterocycles. The lowest BCUT2D eigenvalue weighted by atomic mass is 10.1. The SMILES string of the molecule is CN=C([O-])c1ccc2nccc(Oc3ccc(CC(=O)Nc4cnn(C(C)(C)C)c4)cc3C)c2c1. The van der Waals surface area contributed by atoms with Gasteiger partial charge in [0.05, 0.1) is 29.4 Å². The summed E-state index contributed by atoms with van der Waals surface area (Å²) in [4.78, 5) is 20.6. The minimum absolute atomic E-state index is 0.120. The van der Waals surface area contributed by atoms with Crippen molar-refractivity contribution in [2.24, 2.45) is 4.99 Å². The fourth-order valence-corrected chi connectivity index (χ4v) is 3.67. The van der Waals surface area contributed by atoms with E-state index in [9.17, 15) is 9.90 Å². The second-order valence-corrected chi connectivity index (χ2v) is 9.34. The molecule has 0 saturated heterocycles. The van der Waals surface area contributed by atoms with Gasteiger partial charge in [0.1, 0.15) is 11.5 Å². The van der Waals surface area contributed by atoms with E-state index >= 15 is 0 Å². The molecule has 0 spiro atoms. The van der Waals surface area contributed by atoms with Crippen molar-refractivity contribution in [1.29, 1.82) is 0 Å². The van der Waals surface area contributed by atoms with Crippen LogP contribution in [0.15, 0.2) is 66.0 Å². The Labute approximate surface area is 204 Å². The highest BCUT2D eigenvalue weighted by molar-refractivity contribution is 5.97. The molecule has 0 aliphatic carbocycles. The number of carbonyl (C=O) groups is 1. The molecule has 0 bridgehead atoms. The van der Waals surface area contributed by atoms with Gasteiger partial charge in [0.15, 0.2) is 0 Å². The summed E-state index contributed by atoms with van der Waals surface area (Å²) in [5.41, 5.74) is 3.46.